The van der Waals surface area contributed by atoms with Gasteiger partial charge in [0.2, 0.25) is 0 Å². The van der Waals surface area contributed by atoms with Crippen LogP contribution in [0.2, 0.25) is 0 Å². The molecule has 2 fully saturated rings. The molecule has 0 aliphatic heterocycles. The van der Waals surface area contributed by atoms with Gasteiger partial charge in [0.25, 0.3) is 0 Å². The van der Waals surface area contributed by atoms with Gasteiger partial charge < -0.3 is 9.84 Å². The molecule has 0 saturated heterocycles. The van der Waals surface area contributed by atoms with Crippen molar-refractivity contribution < 1.29 is 14.6 Å². The molecule has 3 nitrogen and oxygen atoms in total. The lowest BCUT2D eigenvalue weighted by Gasteiger charge is -2.29. The number of esters is 1. The number of fused-ring (bicyclic) bond motifs is 2. The highest BCUT2D eigenvalue weighted by Crippen LogP contribution is 2.49. The van der Waals surface area contributed by atoms with Crippen LogP contribution in [0, 0.1) is 23.2 Å². The van der Waals surface area contributed by atoms with E-state index in [1.165, 1.54) is 0 Å². The minimum absolute atomic E-state index is 0.0920. The average molecular weight is 226 g/mol. The van der Waals surface area contributed by atoms with Crippen molar-refractivity contribution >= 4 is 5.97 Å². The van der Waals surface area contributed by atoms with Gasteiger partial charge in [-0.15, -0.1) is 0 Å². The van der Waals surface area contributed by atoms with E-state index >= 15 is 0 Å². The number of rotatable bonds is 2. The van der Waals surface area contributed by atoms with Gasteiger partial charge in [-0.1, -0.05) is 0 Å². The molecule has 3 heteroatoms. The number of aliphatic hydroxyl groups is 1. The first-order valence-electron chi connectivity index (χ1n) is 6.23. The zero-order valence-corrected chi connectivity index (χ0v) is 10.4. The molecule has 16 heavy (non-hydrogen) atoms. The largest absolute Gasteiger partial charge is 0.462 e. The fraction of sp³-hybridized carbons (Fsp3) is 0.923. The van der Waals surface area contributed by atoms with E-state index in [1.54, 1.807) is 0 Å². The predicted molar refractivity (Wildman–Crippen MR) is 60.7 cm³/mol. The van der Waals surface area contributed by atoms with Gasteiger partial charge in [-0.05, 0) is 57.8 Å². The van der Waals surface area contributed by atoms with E-state index in [-0.39, 0.29) is 12.1 Å². The summed E-state index contributed by atoms with van der Waals surface area (Å²) in [5.41, 5.74) is -0.405. The molecule has 4 unspecified atom stereocenters. The van der Waals surface area contributed by atoms with E-state index in [1.807, 2.05) is 20.8 Å². The summed E-state index contributed by atoms with van der Waals surface area (Å²) < 4.78 is 5.58. The lowest BCUT2D eigenvalue weighted by molar-refractivity contribution is -0.161. The molecule has 92 valence electrons. The first kappa shape index (κ1) is 11.9. The summed E-state index contributed by atoms with van der Waals surface area (Å²) in [6.07, 6.45) is 3.23. The Morgan fingerprint density at radius 1 is 1.25 bits per heavy atom. The summed E-state index contributed by atoms with van der Waals surface area (Å²) in [6.45, 7) is 5.96. The van der Waals surface area contributed by atoms with E-state index < -0.39 is 5.41 Å². The first-order valence-corrected chi connectivity index (χ1v) is 6.23. The van der Waals surface area contributed by atoms with E-state index in [2.05, 4.69) is 0 Å². The monoisotopic (exact) mass is 226 g/mol. The van der Waals surface area contributed by atoms with Crippen LogP contribution in [0.25, 0.3) is 0 Å². The van der Waals surface area contributed by atoms with Crippen molar-refractivity contribution in [2.45, 2.75) is 46.1 Å². The van der Waals surface area contributed by atoms with Crippen molar-refractivity contribution in [3.05, 3.63) is 0 Å². The van der Waals surface area contributed by atoms with Crippen molar-refractivity contribution in [2.75, 3.05) is 6.61 Å². The standard InChI is InChI=1S/C13H22O3/c1-13(2,3)12(15)16-11-6-8-4-9(11)5-10(8)7-14/h8-11,14H,4-7H2,1-3H3. The Kier molecular flexibility index (Phi) is 2.99. The van der Waals surface area contributed by atoms with Crippen LogP contribution in [0.1, 0.15) is 40.0 Å². The van der Waals surface area contributed by atoms with Gasteiger partial charge in [-0.3, -0.25) is 4.79 Å². The number of ether oxygens (including phenoxy) is 1. The van der Waals surface area contributed by atoms with Crippen LogP contribution in [-0.4, -0.2) is 23.8 Å². The molecule has 2 aliphatic rings. The maximum atomic E-state index is 11.8. The van der Waals surface area contributed by atoms with Crippen LogP contribution in [-0.2, 0) is 9.53 Å². The van der Waals surface area contributed by atoms with Gasteiger partial charge in [-0.25, -0.2) is 0 Å². The van der Waals surface area contributed by atoms with Crippen molar-refractivity contribution in [3.63, 3.8) is 0 Å². The van der Waals surface area contributed by atoms with E-state index in [9.17, 15) is 9.90 Å². The molecule has 0 heterocycles. The summed E-state index contributed by atoms with van der Waals surface area (Å²) in [5, 5.41) is 9.18. The summed E-state index contributed by atoms with van der Waals surface area (Å²) in [7, 11) is 0. The lowest BCUT2D eigenvalue weighted by atomic mass is 9.87. The Hall–Kier alpha value is -0.570. The van der Waals surface area contributed by atoms with Crippen molar-refractivity contribution in [3.8, 4) is 0 Å². The highest BCUT2D eigenvalue weighted by Gasteiger charge is 2.47. The molecule has 0 spiro atoms. The molecule has 0 radical (unpaired) electrons. The zero-order chi connectivity index (χ0) is 11.9. The SMILES string of the molecule is CC(C)(C)C(=O)OC1CC2CC1CC2CO. The van der Waals surface area contributed by atoms with Gasteiger partial charge >= 0.3 is 5.97 Å². The predicted octanol–water partition coefficient (Wildman–Crippen LogP) is 1.98. The van der Waals surface area contributed by atoms with Crippen LogP contribution in [0.3, 0.4) is 0 Å². The molecule has 2 saturated carbocycles. The third-order valence-corrected chi connectivity index (χ3v) is 4.04. The average Bonchev–Trinajstić information content (AvgIpc) is 2.74. The second kappa shape index (κ2) is 4.02. The molecule has 4 atom stereocenters. The smallest absolute Gasteiger partial charge is 0.311 e. The Morgan fingerprint density at radius 3 is 2.38 bits per heavy atom. The molecule has 2 rings (SSSR count). The van der Waals surface area contributed by atoms with Gasteiger partial charge in [0.05, 0.1) is 5.41 Å². The minimum atomic E-state index is -0.405. The second-order valence-electron chi connectivity index (χ2n) is 6.36. The zero-order valence-electron chi connectivity index (χ0n) is 10.4. The normalized spacial score (nSPS) is 37.8. The third-order valence-electron chi connectivity index (χ3n) is 4.04. The van der Waals surface area contributed by atoms with Crippen LogP contribution >= 0.6 is 0 Å². The highest BCUT2D eigenvalue weighted by molar-refractivity contribution is 5.75. The number of carbonyl (C=O) groups excluding carboxylic acids is 1. The maximum absolute atomic E-state index is 11.8. The fourth-order valence-corrected chi connectivity index (χ4v) is 3.02. The fourth-order valence-electron chi connectivity index (χ4n) is 3.02. The summed E-state index contributed by atoms with van der Waals surface area (Å²) in [4.78, 5) is 11.8. The third kappa shape index (κ3) is 2.10. The van der Waals surface area contributed by atoms with Gasteiger partial charge in [-0.2, -0.15) is 0 Å². The molecule has 2 aliphatic carbocycles. The van der Waals surface area contributed by atoms with Crippen LogP contribution in [0.4, 0.5) is 0 Å². The van der Waals surface area contributed by atoms with Gasteiger partial charge in [0.15, 0.2) is 0 Å². The first-order chi connectivity index (χ1) is 7.41. The van der Waals surface area contributed by atoms with Crippen LogP contribution in [0.5, 0.6) is 0 Å². The Labute approximate surface area is 97.2 Å². The molecule has 2 bridgehead atoms. The minimum Gasteiger partial charge on any atom is -0.462 e. The second-order valence-corrected chi connectivity index (χ2v) is 6.36. The van der Waals surface area contributed by atoms with Crippen LogP contribution < -0.4 is 0 Å². The molecule has 0 aromatic carbocycles. The molecule has 0 aromatic rings. The van der Waals surface area contributed by atoms with Gasteiger partial charge in [0.1, 0.15) is 6.10 Å². The molecular weight excluding hydrogens is 204 g/mol. The Morgan fingerprint density at radius 2 is 1.94 bits per heavy atom. The molecule has 1 N–H and O–H groups in total. The summed E-state index contributed by atoms with van der Waals surface area (Å²) >= 11 is 0. The van der Waals surface area contributed by atoms with Gasteiger partial charge in [0, 0.05) is 6.61 Å². The van der Waals surface area contributed by atoms with E-state index in [0.717, 1.165) is 19.3 Å². The maximum Gasteiger partial charge on any atom is 0.311 e. The Bertz CT molecular complexity index is 279. The highest BCUT2D eigenvalue weighted by atomic mass is 16.5. The topological polar surface area (TPSA) is 46.5 Å². The molecule has 0 aromatic heterocycles. The number of hydrogen-bond acceptors (Lipinski definition) is 3. The number of hydrogen-bond donors (Lipinski definition) is 1. The Balaban J connectivity index is 1.90. The van der Waals surface area contributed by atoms with Crippen LogP contribution in [0.15, 0.2) is 0 Å². The van der Waals surface area contributed by atoms with E-state index in [4.69, 9.17) is 4.74 Å². The van der Waals surface area contributed by atoms with Crippen molar-refractivity contribution in [1.29, 1.82) is 0 Å². The number of aliphatic hydroxyl groups excluding tert-OH is 1. The van der Waals surface area contributed by atoms with Crippen molar-refractivity contribution in [1.82, 2.24) is 0 Å². The quantitative estimate of drug-likeness (QED) is 0.732. The lowest BCUT2D eigenvalue weighted by Crippen LogP contribution is -2.33. The van der Waals surface area contributed by atoms with Crippen molar-refractivity contribution in [2.24, 2.45) is 23.2 Å². The molecule has 0 amide bonds. The number of carbonyl (C=O) groups is 1. The van der Waals surface area contributed by atoms with E-state index in [0.29, 0.717) is 24.4 Å². The molecular formula is C13H22O3. The summed E-state index contributed by atoms with van der Waals surface area (Å²) in [5.74, 6) is 1.43. The summed E-state index contributed by atoms with van der Waals surface area (Å²) in [6, 6.07) is 0.